The number of rotatable bonds is 2. The number of nitrogens with zero attached hydrogens (tertiary/aromatic N) is 3. The van der Waals surface area contributed by atoms with Crippen LogP contribution in [-0.2, 0) is 0 Å². The number of hydrogen-bond acceptors (Lipinski definition) is 4. The van der Waals surface area contributed by atoms with Crippen LogP contribution in [0.15, 0.2) is 10.8 Å². The molecule has 0 aromatic carbocycles. The second-order valence-electron chi connectivity index (χ2n) is 4.59. The molecule has 0 bridgehead atoms. The summed E-state index contributed by atoms with van der Waals surface area (Å²) >= 11 is 3.48. The average Bonchev–Trinajstić information content (AvgIpc) is 2.58. The van der Waals surface area contributed by atoms with E-state index >= 15 is 0 Å². The van der Waals surface area contributed by atoms with E-state index in [2.05, 4.69) is 37.7 Å². The molecule has 0 radical (unpaired) electrons. The van der Waals surface area contributed by atoms with Gasteiger partial charge in [-0.15, -0.1) is 0 Å². The van der Waals surface area contributed by atoms with E-state index in [0.29, 0.717) is 5.82 Å². The Balaban J connectivity index is 2.14. The maximum Gasteiger partial charge on any atom is 0.148 e. The molecular formula is C12H19BrN4. The Morgan fingerprint density at radius 3 is 3.00 bits per heavy atom. The fourth-order valence-electron chi connectivity index (χ4n) is 2.38. The first-order valence-electron chi connectivity index (χ1n) is 6.23. The Labute approximate surface area is 111 Å². The first-order valence-corrected chi connectivity index (χ1v) is 7.02. The van der Waals surface area contributed by atoms with E-state index in [0.717, 1.165) is 29.3 Å². The summed E-state index contributed by atoms with van der Waals surface area (Å²) in [6.45, 7) is 4.40. The van der Waals surface area contributed by atoms with Gasteiger partial charge in [-0.3, -0.25) is 0 Å². The van der Waals surface area contributed by atoms with Gasteiger partial charge in [0.05, 0.1) is 0 Å². The molecule has 2 heterocycles. The van der Waals surface area contributed by atoms with Crippen LogP contribution in [0.2, 0.25) is 0 Å². The maximum absolute atomic E-state index is 5.80. The van der Waals surface area contributed by atoms with E-state index in [9.17, 15) is 0 Å². The molecule has 0 spiro atoms. The number of nitrogens with two attached hydrogens (primary N) is 1. The van der Waals surface area contributed by atoms with Crippen LogP contribution in [0.25, 0.3) is 0 Å². The predicted octanol–water partition coefficient (Wildman–Crippen LogP) is 2.84. The minimum atomic E-state index is 0.520. The van der Waals surface area contributed by atoms with Crippen LogP contribution < -0.4 is 10.6 Å². The normalized spacial score (nSPS) is 21.3. The summed E-state index contributed by atoms with van der Waals surface area (Å²) in [6, 6.07) is 0. The van der Waals surface area contributed by atoms with Gasteiger partial charge >= 0.3 is 0 Å². The van der Waals surface area contributed by atoms with Gasteiger partial charge in [0.2, 0.25) is 0 Å². The Kier molecular flexibility index (Phi) is 4.20. The van der Waals surface area contributed by atoms with Crippen molar-refractivity contribution in [1.29, 1.82) is 0 Å². The van der Waals surface area contributed by atoms with Gasteiger partial charge in [0.1, 0.15) is 22.4 Å². The fraction of sp³-hybridized carbons (Fsp3) is 0.667. The molecule has 2 N–H and O–H groups in total. The summed E-state index contributed by atoms with van der Waals surface area (Å²) in [5.41, 5.74) is 5.80. The van der Waals surface area contributed by atoms with E-state index in [-0.39, 0.29) is 0 Å². The highest BCUT2D eigenvalue weighted by Gasteiger charge is 2.19. The minimum absolute atomic E-state index is 0.520. The fourth-order valence-corrected chi connectivity index (χ4v) is 2.84. The summed E-state index contributed by atoms with van der Waals surface area (Å²) in [7, 11) is 0. The topological polar surface area (TPSA) is 55.0 Å². The lowest BCUT2D eigenvalue weighted by Gasteiger charge is -2.22. The van der Waals surface area contributed by atoms with Crippen LogP contribution in [0.4, 0.5) is 11.6 Å². The zero-order valence-electron chi connectivity index (χ0n) is 10.2. The van der Waals surface area contributed by atoms with Crippen molar-refractivity contribution in [2.45, 2.75) is 32.6 Å². The highest BCUT2D eigenvalue weighted by atomic mass is 79.9. The predicted molar refractivity (Wildman–Crippen MR) is 74.0 cm³/mol. The smallest absolute Gasteiger partial charge is 0.148 e. The van der Waals surface area contributed by atoms with Crippen LogP contribution in [0.1, 0.15) is 32.6 Å². The summed E-state index contributed by atoms with van der Waals surface area (Å²) < 4.78 is 0.829. The van der Waals surface area contributed by atoms with Crippen LogP contribution in [0, 0.1) is 5.92 Å². The van der Waals surface area contributed by atoms with E-state index in [1.54, 1.807) is 0 Å². The lowest BCUT2D eigenvalue weighted by molar-refractivity contribution is 0.459. The van der Waals surface area contributed by atoms with Gasteiger partial charge in [0.15, 0.2) is 0 Å². The van der Waals surface area contributed by atoms with Gasteiger partial charge in [-0.1, -0.05) is 13.3 Å². The molecule has 5 heteroatoms. The lowest BCUT2D eigenvalue weighted by Crippen LogP contribution is -2.26. The molecule has 1 fully saturated rings. The number of hydrogen-bond donors (Lipinski definition) is 1. The summed E-state index contributed by atoms with van der Waals surface area (Å²) in [5, 5.41) is 0. The zero-order valence-corrected chi connectivity index (χ0v) is 11.8. The van der Waals surface area contributed by atoms with Crippen molar-refractivity contribution in [1.82, 2.24) is 9.97 Å². The van der Waals surface area contributed by atoms with Crippen LogP contribution >= 0.6 is 15.9 Å². The van der Waals surface area contributed by atoms with Crippen molar-refractivity contribution >= 4 is 27.6 Å². The van der Waals surface area contributed by atoms with Crippen molar-refractivity contribution in [2.24, 2.45) is 5.92 Å². The molecule has 2 rings (SSSR count). The third-order valence-corrected chi connectivity index (χ3v) is 4.28. The van der Waals surface area contributed by atoms with E-state index < -0.39 is 0 Å². The molecule has 1 unspecified atom stereocenters. The van der Waals surface area contributed by atoms with Gasteiger partial charge in [-0.25, -0.2) is 9.97 Å². The molecule has 1 aromatic rings. The summed E-state index contributed by atoms with van der Waals surface area (Å²) in [5.74, 6) is 2.32. The molecule has 0 aliphatic carbocycles. The summed E-state index contributed by atoms with van der Waals surface area (Å²) in [4.78, 5) is 10.6. The Hall–Kier alpha value is -0.840. The largest absolute Gasteiger partial charge is 0.383 e. The van der Waals surface area contributed by atoms with Gasteiger partial charge in [0, 0.05) is 13.1 Å². The summed E-state index contributed by atoms with van der Waals surface area (Å²) in [6.07, 6.45) is 6.62. The molecule has 1 aliphatic rings. The molecular weight excluding hydrogens is 280 g/mol. The van der Waals surface area contributed by atoms with Crippen molar-refractivity contribution in [2.75, 3.05) is 23.7 Å². The molecule has 4 nitrogen and oxygen atoms in total. The molecule has 94 valence electrons. The zero-order chi connectivity index (χ0) is 12.3. The quantitative estimate of drug-likeness (QED) is 0.912. The Bertz CT molecular complexity index is 383. The van der Waals surface area contributed by atoms with E-state index in [1.165, 1.54) is 32.0 Å². The third-order valence-electron chi connectivity index (χ3n) is 3.52. The number of aromatic nitrogens is 2. The third kappa shape index (κ3) is 2.89. The standard InChI is InChI=1S/C12H19BrN4/c1-2-9-4-3-6-17(7-5-9)12-10(13)11(14)15-8-16-12/h8-9H,2-7H2,1H3,(H2,14,15,16). The number of anilines is 2. The Morgan fingerprint density at radius 2 is 2.24 bits per heavy atom. The SMILES string of the molecule is CCC1CCCN(c2ncnc(N)c2Br)CC1. The number of nitrogen functional groups attached to an aromatic ring is 1. The molecule has 1 saturated heterocycles. The van der Waals surface area contributed by atoms with Crippen molar-refractivity contribution < 1.29 is 0 Å². The highest BCUT2D eigenvalue weighted by Crippen LogP contribution is 2.30. The van der Waals surface area contributed by atoms with E-state index in [1.807, 2.05) is 0 Å². The molecule has 1 atom stereocenters. The average molecular weight is 299 g/mol. The number of halogens is 1. The molecule has 0 amide bonds. The molecule has 17 heavy (non-hydrogen) atoms. The first kappa shape index (κ1) is 12.6. The van der Waals surface area contributed by atoms with Gasteiger partial charge in [0.25, 0.3) is 0 Å². The van der Waals surface area contributed by atoms with Crippen molar-refractivity contribution in [3.05, 3.63) is 10.8 Å². The highest BCUT2D eigenvalue weighted by molar-refractivity contribution is 9.10. The van der Waals surface area contributed by atoms with Crippen molar-refractivity contribution in [3.63, 3.8) is 0 Å². The van der Waals surface area contributed by atoms with Crippen LogP contribution in [-0.4, -0.2) is 23.1 Å². The molecule has 1 aromatic heterocycles. The lowest BCUT2D eigenvalue weighted by atomic mass is 9.98. The van der Waals surface area contributed by atoms with Crippen molar-refractivity contribution in [3.8, 4) is 0 Å². The molecule has 1 aliphatic heterocycles. The van der Waals surface area contributed by atoms with Crippen LogP contribution in [0.5, 0.6) is 0 Å². The van der Waals surface area contributed by atoms with E-state index in [4.69, 9.17) is 5.73 Å². The molecule has 0 saturated carbocycles. The Morgan fingerprint density at radius 1 is 1.41 bits per heavy atom. The minimum Gasteiger partial charge on any atom is -0.383 e. The monoisotopic (exact) mass is 298 g/mol. The van der Waals surface area contributed by atoms with Gasteiger partial charge in [-0.2, -0.15) is 0 Å². The maximum atomic E-state index is 5.80. The van der Waals surface area contributed by atoms with Gasteiger partial charge in [-0.05, 0) is 41.1 Å². The second-order valence-corrected chi connectivity index (χ2v) is 5.38. The second kappa shape index (κ2) is 5.67. The van der Waals surface area contributed by atoms with Gasteiger partial charge < -0.3 is 10.6 Å². The first-order chi connectivity index (χ1) is 8.22. The van der Waals surface area contributed by atoms with Crippen LogP contribution in [0.3, 0.4) is 0 Å².